The Morgan fingerprint density at radius 3 is 2.71 bits per heavy atom. The molecule has 2 fully saturated rings. The highest BCUT2D eigenvalue weighted by atomic mass is 16.2. The molecule has 0 spiro atoms. The molecule has 10 heteroatoms. The highest BCUT2D eigenvalue weighted by Gasteiger charge is 2.30. The molecule has 3 rings (SSSR count). The second-order valence-corrected chi connectivity index (χ2v) is 7.69. The monoisotopic (exact) mass is 424 g/mol. The van der Waals surface area contributed by atoms with Crippen molar-refractivity contribution >= 4 is 29.3 Å². The Hall–Kier alpha value is -3.61. The molecule has 2 aliphatic heterocycles. The van der Waals surface area contributed by atoms with Crippen molar-refractivity contribution in [3.8, 4) is 6.19 Å². The predicted octanol–water partition coefficient (Wildman–Crippen LogP) is 0.813. The van der Waals surface area contributed by atoms with Gasteiger partial charge >= 0.3 is 0 Å². The van der Waals surface area contributed by atoms with Gasteiger partial charge in [-0.25, -0.2) is 4.99 Å². The highest BCUT2D eigenvalue weighted by molar-refractivity contribution is 5.99. The van der Waals surface area contributed by atoms with Gasteiger partial charge in [0.15, 0.2) is 6.19 Å². The van der Waals surface area contributed by atoms with Crippen molar-refractivity contribution in [1.82, 2.24) is 15.1 Å². The SMILES string of the molecule is N#CNC(=NC1CCCCN(CC(=O)N2CCCC2)C1=O)Nc1cccc(C(=N)N)c1. The second-order valence-electron chi connectivity index (χ2n) is 7.69. The van der Waals surface area contributed by atoms with E-state index in [0.29, 0.717) is 24.2 Å². The van der Waals surface area contributed by atoms with Crippen molar-refractivity contribution in [3.05, 3.63) is 29.8 Å². The zero-order valence-corrected chi connectivity index (χ0v) is 17.4. The number of carbonyl (C=O) groups is 2. The summed E-state index contributed by atoms with van der Waals surface area (Å²) in [5.74, 6) is -0.173. The Morgan fingerprint density at radius 2 is 2.00 bits per heavy atom. The first kappa shape index (κ1) is 22.1. The minimum atomic E-state index is -0.687. The van der Waals surface area contributed by atoms with Crippen LogP contribution in [0.2, 0.25) is 0 Å². The summed E-state index contributed by atoms with van der Waals surface area (Å²) >= 11 is 0. The number of amidine groups is 1. The van der Waals surface area contributed by atoms with E-state index in [9.17, 15) is 9.59 Å². The lowest BCUT2D eigenvalue weighted by Crippen LogP contribution is -2.45. The number of nitrogens with zero attached hydrogens (tertiary/aromatic N) is 4. The molecule has 2 amide bonds. The van der Waals surface area contributed by atoms with E-state index in [1.54, 1.807) is 29.2 Å². The Morgan fingerprint density at radius 1 is 1.26 bits per heavy atom. The van der Waals surface area contributed by atoms with E-state index in [0.717, 1.165) is 38.8 Å². The molecular formula is C21H28N8O2. The number of guanidine groups is 1. The molecule has 0 saturated carbocycles. The maximum absolute atomic E-state index is 13.1. The molecule has 1 aromatic carbocycles. The lowest BCUT2D eigenvalue weighted by molar-refractivity contribution is -0.140. The molecule has 2 saturated heterocycles. The van der Waals surface area contributed by atoms with Gasteiger partial charge in [-0.2, -0.15) is 5.26 Å². The number of aliphatic imine (C=N–C) groups is 1. The number of nitrogens with one attached hydrogen (secondary N) is 3. The molecule has 1 aromatic rings. The molecule has 2 aliphatic rings. The van der Waals surface area contributed by atoms with E-state index < -0.39 is 6.04 Å². The van der Waals surface area contributed by atoms with E-state index in [4.69, 9.17) is 16.4 Å². The summed E-state index contributed by atoms with van der Waals surface area (Å²) in [5, 5.41) is 22.1. The normalized spacial score (nSPS) is 19.5. The van der Waals surface area contributed by atoms with Gasteiger partial charge in [0, 0.05) is 30.9 Å². The number of amides is 2. The first-order valence-corrected chi connectivity index (χ1v) is 10.5. The number of hydrogen-bond acceptors (Lipinski definition) is 5. The molecule has 1 atom stereocenters. The number of anilines is 1. The fourth-order valence-electron chi connectivity index (χ4n) is 3.80. The minimum Gasteiger partial charge on any atom is -0.384 e. The second kappa shape index (κ2) is 10.4. The number of nitriles is 1. The van der Waals surface area contributed by atoms with Gasteiger partial charge in [-0.15, -0.1) is 0 Å². The van der Waals surface area contributed by atoms with Gasteiger partial charge in [0.25, 0.3) is 0 Å². The van der Waals surface area contributed by atoms with Gasteiger partial charge in [0.1, 0.15) is 11.9 Å². The fraction of sp³-hybridized carbons (Fsp3) is 0.476. The summed E-state index contributed by atoms with van der Waals surface area (Å²) in [4.78, 5) is 33.5. The van der Waals surface area contributed by atoms with Gasteiger partial charge < -0.3 is 20.9 Å². The van der Waals surface area contributed by atoms with Gasteiger partial charge in [0.05, 0.1) is 6.54 Å². The van der Waals surface area contributed by atoms with Crippen molar-refractivity contribution in [2.24, 2.45) is 10.7 Å². The molecule has 0 bridgehead atoms. The van der Waals surface area contributed by atoms with Crippen LogP contribution < -0.4 is 16.4 Å². The minimum absolute atomic E-state index is 0.0231. The molecule has 1 unspecified atom stereocenters. The predicted molar refractivity (Wildman–Crippen MR) is 117 cm³/mol. The molecule has 0 aromatic heterocycles. The van der Waals surface area contributed by atoms with Crippen LogP contribution in [0.5, 0.6) is 0 Å². The lowest BCUT2D eigenvalue weighted by Gasteiger charge is -2.25. The van der Waals surface area contributed by atoms with E-state index in [1.165, 1.54) is 0 Å². The number of likely N-dealkylation sites (tertiary alicyclic amines) is 2. The van der Waals surface area contributed by atoms with Crippen LogP contribution in [0.15, 0.2) is 29.3 Å². The van der Waals surface area contributed by atoms with Crippen LogP contribution in [0.3, 0.4) is 0 Å². The van der Waals surface area contributed by atoms with Crippen molar-refractivity contribution in [2.75, 3.05) is 31.5 Å². The van der Waals surface area contributed by atoms with E-state index >= 15 is 0 Å². The van der Waals surface area contributed by atoms with Crippen LogP contribution in [0.4, 0.5) is 5.69 Å². The Balaban J connectivity index is 1.74. The zero-order chi connectivity index (χ0) is 22.2. The van der Waals surface area contributed by atoms with Crippen LogP contribution in [0.25, 0.3) is 0 Å². The lowest BCUT2D eigenvalue weighted by atomic mass is 10.1. The molecule has 0 aliphatic carbocycles. The first-order chi connectivity index (χ1) is 15.0. The average molecular weight is 425 g/mol. The quantitative estimate of drug-likeness (QED) is 0.238. The van der Waals surface area contributed by atoms with E-state index in [1.807, 2.05) is 11.1 Å². The summed E-state index contributed by atoms with van der Waals surface area (Å²) in [6, 6.07) is 6.15. The number of hydrogen-bond donors (Lipinski definition) is 4. The fourth-order valence-corrected chi connectivity index (χ4v) is 3.80. The number of carbonyl (C=O) groups excluding carboxylic acids is 2. The Bertz CT molecular complexity index is 901. The number of rotatable bonds is 5. The molecule has 0 radical (unpaired) electrons. The molecule has 5 N–H and O–H groups in total. The third-order valence-corrected chi connectivity index (χ3v) is 5.43. The van der Waals surface area contributed by atoms with Crippen LogP contribution in [0, 0.1) is 16.9 Å². The van der Waals surface area contributed by atoms with Crippen molar-refractivity contribution in [2.45, 2.75) is 38.1 Å². The molecule has 10 nitrogen and oxygen atoms in total. The number of nitrogens with two attached hydrogens (primary N) is 1. The Labute approximate surface area is 181 Å². The van der Waals surface area contributed by atoms with Gasteiger partial charge in [-0.05, 0) is 44.2 Å². The number of nitrogen functional groups attached to an aromatic ring is 1. The van der Waals surface area contributed by atoms with Gasteiger partial charge in [-0.3, -0.25) is 20.3 Å². The van der Waals surface area contributed by atoms with Crippen LogP contribution in [0.1, 0.15) is 37.7 Å². The maximum Gasteiger partial charge on any atom is 0.247 e. The van der Waals surface area contributed by atoms with Gasteiger partial charge in [-0.1, -0.05) is 12.1 Å². The number of benzene rings is 1. The molecule has 2 heterocycles. The van der Waals surface area contributed by atoms with Crippen molar-refractivity contribution < 1.29 is 9.59 Å². The smallest absolute Gasteiger partial charge is 0.247 e. The van der Waals surface area contributed by atoms with Crippen LogP contribution in [-0.4, -0.2) is 65.6 Å². The summed E-state index contributed by atoms with van der Waals surface area (Å²) in [6.45, 7) is 2.10. The topological polar surface area (TPSA) is 151 Å². The van der Waals surface area contributed by atoms with Gasteiger partial charge in [0.2, 0.25) is 17.8 Å². The summed E-state index contributed by atoms with van der Waals surface area (Å²) in [6.07, 6.45) is 5.99. The highest BCUT2D eigenvalue weighted by Crippen LogP contribution is 2.17. The maximum atomic E-state index is 13.1. The standard InChI is InChI=1S/C21H28N8O2/c22-14-25-21(26-16-7-5-6-15(12-16)19(23)24)27-17-8-1-2-11-29(20(17)31)13-18(30)28-9-3-4-10-28/h5-7,12,17H,1-4,8-11,13H2,(H3,23,24)(H2,25,26,27). The largest absolute Gasteiger partial charge is 0.384 e. The summed E-state index contributed by atoms with van der Waals surface area (Å²) in [5.41, 5.74) is 6.64. The van der Waals surface area contributed by atoms with E-state index in [-0.39, 0.29) is 30.2 Å². The third kappa shape index (κ3) is 5.94. The summed E-state index contributed by atoms with van der Waals surface area (Å²) < 4.78 is 0. The third-order valence-electron chi connectivity index (χ3n) is 5.43. The van der Waals surface area contributed by atoms with Crippen molar-refractivity contribution in [1.29, 1.82) is 10.7 Å². The zero-order valence-electron chi connectivity index (χ0n) is 17.4. The Kier molecular flexibility index (Phi) is 7.43. The molecule has 164 valence electrons. The summed E-state index contributed by atoms with van der Waals surface area (Å²) in [7, 11) is 0. The molecular weight excluding hydrogens is 396 g/mol. The van der Waals surface area contributed by atoms with Crippen LogP contribution >= 0.6 is 0 Å². The average Bonchev–Trinajstić information content (AvgIpc) is 3.24. The first-order valence-electron chi connectivity index (χ1n) is 10.5. The van der Waals surface area contributed by atoms with Crippen molar-refractivity contribution in [3.63, 3.8) is 0 Å². The molecule has 31 heavy (non-hydrogen) atoms. The van der Waals surface area contributed by atoms with Crippen LogP contribution in [-0.2, 0) is 9.59 Å². The van der Waals surface area contributed by atoms with E-state index in [2.05, 4.69) is 15.6 Å².